The van der Waals surface area contributed by atoms with Crippen molar-refractivity contribution in [3.63, 3.8) is 0 Å². The predicted molar refractivity (Wildman–Crippen MR) is 79.0 cm³/mol. The Labute approximate surface area is 118 Å². The molecule has 2 aliphatic rings. The monoisotopic (exact) mass is 266 g/mol. The molecule has 3 nitrogen and oxygen atoms in total. The van der Waals surface area contributed by atoms with E-state index in [1.54, 1.807) is 0 Å². The summed E-state index contributed by atoms with van der Waals surface area (Å²) in [6, 6.07) is 0.0972. The number of amides is 1. The van der Waals surface area contributed by atoms with Gasteiger partial charge in [0.25, 0.3) is 0 Å². The van der Waals surface area contributed by atoms with Crippen LogP contribution in [-0.4, -0.2) is 36.5 Å². The van der Waals surface area contributed by atoms with Crippen LogP contribution in [0.4, 0.5) is 0 Å². The number of nitrogens with zero attached hydrogens (tertiary/aromatic N) is 1. The molecule has 0 bridgehead atoms. The van der Waals surface area contributed by atoms with Crippen molar-refractivity contribution in [3.05, 3.63) is 0 Å². The third-order valence-electron chi connectivity index (χ3n) is 4.87. The van der Waals surface area contributed by atoms with E-state index in [1.165, 1.54) is 32.1 Å². The Morgan fingerprint density at radius 1 is 1.05 bits per heavy atom. The van der Waals surface area contributed by atoms with Gasteiger partial charge >= 0.3 is 0 Å². The first kappa shape index (κ1) is 14.8. The highest BCUT2D eigenvalue weighted by atomic mass is 16.2. The minimum absolute atomic E-state index is 0.0972. The molecule has 3 heteroatoms. The van der Waals surface area contributed by atoms with E-state index in [0.29, 0.717) is 11.3 Å². The molecule has 0 saturated carbocycles. The number of carbonyl (C=O) groups excluding carboxylic acids is 1. The molecule has 0 aromatic rings. The van der Waals surface area contributed by atoms with Gasteiger partial charge in [-0.3, -0.25) is 4.79 Å². The van der Waals surface area contributed by atoms with Crippen LogP contribution in [0.25, 0.3) is 0 Å². The van der Waals surface area contributed by atoms with E-state index in [4.69, 9.17) is 0 Å². The molecule has 2 atom stereocenters. The number of piperidine rings is 1. The van der Waals surface area contributed by atoms with Crippen LogP contribution >= 0.6 is 0 Å². The van der Waals surface area contributed by atoms with Crippen LogP contribution in [0.3, 0.4) is 0 Å². The van der Waals surface area contributed by atoms with Gasteiger partial charge in [-0.15, -0.1) is 0 Å². The number of hydrogen-bond acceptors (Lipinski definition) is 2. The van der Waals surface area contributed by atoms with Crippen molar-refractivity contribution in [1.29, 1.82) is 0 Å². The van der Waals surface area contributed by atoms with Crippen molar-refractivity contribution in [2.24, 2.45) is 11.3 Å². The van der Waals surface area contributed by atoms with Crippen molar-refractivity contribution < 1.29 is 4.79 Å². The van der Waals surface area contributed by atoms with E-state index >= 15 is 0 Å². The van der Waals surface area contributed by atoms with Crippen LogP contribution in [0.2, 0.25) is 0 Å². The van der Waals surface area contributed by atoms with Gasteiger partial charge in [0.15, 0.2) is 0 Å². The fourth-order valence-corrected chi connectivity index (χ4v) is 3.47. The topological polar surface area (TPSA) is 32.3 Å². The summed E-state index contributed by atoms with van der Waals surface area (Å²) in [5, 5.41) is 3.39. The minimum Gasteiger partial charge on any atom is -0.341 e. The van der Waals surface area contributed by atoms with Crippen molar-refractivity contribution >= 4 is 5.91 Å². The quantitative estimate of drug-likeness (QED) is 0.791. The Hall–Kier alpha value is -0.570. The maximum absolute atomic E-state index is 12.5. The molecule has 110 valence electrons. The standard InChI is InChI=1S/C16H30N2O/c1-16(2,3)13-7-6-11-18(12-9-13)15(19)14-8-4-5-10-17-14/h13-14,17H,4-12H2,1-3H3/t13?,14-/m1/s1. The van der Waals surface area contributed by atoms with E-state index < -0.39 is 0 Å². The fraction of sp³-hybridized carbons (Fsp3) is 0.938. The first-order valence-corrected chi connectivity index (χ1v) is 8.00. The number of nitrogens with one attached hydrogen (secondary N) is 1. The van der Waals surface area contributed by atoms with Crippen molar-refractivity contribution in [2.45, 2.75) is 65.3 Å². The van der Waals surface area contributed by atoms with Gasteiger partial charge in [0.1, 0.15) is 0 Å². The Balaban J connectivity index is 1.89. The summed E-state index contributed by atoms with van der Waals surface area (Å²) in [5.74, 6) is 1.11. The highest BCUT2D eigenvalue weighted by Crippen LogP contribution is 2.34. The first-order chi connectivity index (χ1) is 8.98. The molecule has 1 unspecified atom stereocenters. The van der Waals surface area contributed by atoms with E-state index in [2.05, 4.69) is 31.0 Å². The molecule has 0 radical (unpaired) electrons. The molecule has 2 rings (SSSR count). The summed E-state index contributed by atoms with van der Waals surface area (Å²) in [5.41, 5.74) is 0.377. The fourth-order valence-electron chi connectivity index (χ4n) is 3.47. The second-order valence-corrected chi connectivity index (χ2v) is 7.32. The Morgan fingerprint density at radius 2 is 1.84 bits per heavy atom. The Morgan fingerprint density at radius 3 is 2.47 bits per heavy atom. The summed E-state index contributed by atoms with van der Waals surface area (Å²) in [7, 11) is 0. The van der Waals surface area contributed by atoms with Crippen LogP contribution in [0.1, 0.15) is 59.3 Å². The zero-order chi connectivity index (χ0) is 13.9. The highest BCUT2D eigenvalue weighted by molar-refractivity contribution is 5.82. The third kappa shape index (κ3) is 3.95. The number of carbonyl (C=O) groups is 1. The maximum Gasteiger partial charge on any atom is 0.239 e. The van der Waals surface area contributed by atoms with E-state index in [0.717, 1.165) is 32.0 Å². The van der Waals surface area contributed by atoms with Crippen LogP contribution < -0.4 is 5.32 Å². The van der Waals surface area contributed by atoms with Crippen molar-refractivity contribution in [2.75, 3.05) is 19.6 Å². The van der Waals surface area contributed by atoms with Gasteiger partial charge in [0.2, 0.25) is 5.91 Å². The van der Waals surface area contributed by atoms with E-state index in [1.807, 2.05) is 0 Å². The molecule has 1 N–H and O–H groups in total. The summed E-state index contributed by atoms with van der Waals surface area (Å²) in [6.07, 6.45) is 7.05. The second kappa shape index (κ2) is 6.25. The molecule has 2 heterocycles. The van der Waals surface area contributed by atoms with Gasteiger partial charge < -0.3 is 10.2 Å². The third-order valence-corrected chi connectivity index (χ3v) is 4.87. The average molecular weight is 266 g/mol. The summed E-state index contributed by atoms with van der Waals surface area (Å²) in [6.45, 7) is 9.92. The van der Waals surface area contributed by atoms with Gasteiger partial charge in [0, 0.05) is 13.1 Å². The Bertz CT molecular complexity index is 302. The predicted octanol–water partition coefficient (Wildman–Crippen LogP) is 2.80. The first-order valence-electron chi connectivity index (χ1n) is 8.00. The number of likely N-dealkylation sites (tertiary alicyclic amines) is 1. The van der Waals surface area contributed by atoms with Gasteiger partial charge in [-0.05, 0) is 50.0 Å². The molecule has 0 aromatic carbocycles. The van der Waals surface area contributed by atoms with Crippen molar-refractivity contribution in [1.82, 2.24) is 10.2 Å². The van der Waals surface area contributed by atoms with Crippen LogP contribution in [-0.2, 0) is 4.79 Å². The lowest BCUT2D eigenvalue weighted by molar-refractivity contribution is -0.134. The highest BCUT2D eigenvalue weighted by Gasteiger charge is 2.31. The lowest BCUT2D eigenvalue weighted by atomic mass is 9.77. The molecule has 2 saturated heterocycles. The number of hydrogen-bond donors (Lipinski definition) is 1. The zero-order valence-electron chi connectivity index (χ0n) is 12.9. The van der Waals surface area contributed by atoms with Gasteiger partial charge in [-0.25, -0.2) is 0 Å². The molecular weight excluding hydrogens is 236 g/mol. The largest absolute Gasteiger partial charge is 0.341 e. The molecule has 1 amide bonds. The number of rotatable bonds is 1. The molecule has 0 spiro atoms. The Kier molecular flexibility index (Phi) is 4.88. The summed E-state index contributed by atoms with van der Waals surface area (Å²) < 4.78 is 0. The van der Waals surface area contributed by atoms with Gasteiger partial charge in [0.05, 0.1) is 6.04 Å². The summed E-state index contributed by atoms with van der Waals surface area (Å²) in [4.78, 5) is 14.6. The SMILES string of the molecule is CC(C)(C)C1CCCN(C(=O)[C@H]2CCCCN2)CC1. The zero-order valence-corrected chi connectivity index (χ0v) is 12.9. The molecule has 19 heavy (non-hydrogen) atoms. The molecule has 0 aliphatic carbocycles. The molecule has 2 fully saturated rings. The lowest BCUT2D eigenvalue weighted by Crippen LogP contribution is -2.48. The van der Waals surface area contributed by atoms with Gasteiger partial charge in [-0.2, -0.15) is 0 Å². The second-order valence-electron chi connectivity index (χ2n) is 7.32. The van der Waals surface area contributed by atoms with Gasteiger partial charge in [-0.1, -0.05) is 27.2 Å². The normalized spacial score (nSPS) is 29.9. The van der Waals surface area contributed by atoms with Crippen LogP contribution in [0.5, 0.6) is 0 Å². The maximum atomic E-state index is 12.5. The summed E-state index contributed by atoms with van der Waals surface area (Å²) >= 11 is 0. The molecular formula is C16H30N2O. The van der Waals surface area contributed by atoms with Crippen LogP contribution in [0.15, 0.2) is 0 Å². The van der Waals surface area contributed by atoms with E-state index in [9.17, 15) is 4.79 Å². The molecule has 0 aromatic heterocycles. The molecule has 2 aliphatic heterocycles. The van der Waals surface area contributed by atoms with Crippen molar-refractivity contribution in [3.8, 4) is 0 Å². The van der Waals surface area contributed by atoms with E-state index in [-0.39, 0.29) is 6.04 Å². The average Bonchev–Trinajstić information content (AvgIpc) is 2.64. The van der Waals surface area contributed by atoms with Crippen LogP contribution in [0, 0.1) is 11.3 Å². The smallest absolute Gasteiger partial charge is 0.239 e. The minimum atomic E-state index is 0.0972. The lowest BCUT2D eigenvalue weighted by Gasteiger charge is -2.31.